The van der Waals surface area contributed by atoms with Crippen LogP contribution in [0.3, 0.4) is 0 Å². The van der Waals surface area contributed by atoms with Crippen molar-refractivity contribution in [2.45, 2.75) is 0 Å². The van der Waals surface area contributed by atoms with Crippen LogP contribution in [0.15, 0.2) is 0 Å². The van der Waals surface area contributed by atoms with Gasteiger partial charge in [0.25, 0.3) is 0 Å². The standard InChI is InChI=1S/Ce.Dy.Er.Eu.Gd.Ho.La.Nd.Pm.Pr.Sm.Tb.Tm.Yb/q8*+3;;5*+3. The fourth-order valence-electron chi connectivity index (χ4n) is 0. The average molecular weight is 2160 g/mol. The van der Waals surface area contributed by atoms with Crippen LogP contribution >= 0.6 is 0 Å². The molecule has 0 aliphatic heterocycles. The molecule has 0 unspecified atom stereocenters. The van der Waals surface area contributed by atoms with Crippen LogP contribution in [0.2, 0.25) is 0 Å². The van der Waals surface area contributed by atoms with Gasteiger partial charge in [-0.05, 0) is 0 Å². The van der Waals surface area contributed by atoms with E-state index in [1.165, 1.54) is 0 Å². The molecule has 0 aromatic rings. The third-order valence-corrected chi connectivity index (χ3v) is 0. The fraction of sp³-hybridized carbons (Fsp3) is 0. The largest absolute Gasteiger partial charge is 3.00 e. The molecule has 8 radical (unpaired) electrons. The van der Waals surface area contributed by atoms with Gasteiger partial charge in [0.15, 0.2) is 0 Å². The van der Waals surface area contributed by atoms with Gasteiger partial charge >= 0.3 is 525 Å². The molecule has 70 valence electrons. The monoisotopic (exact) mass is 2170 g/mol. The predicted molar refractivity (Wildman–Crippen MR) is 0 cm³/mol. The molecule has 0 fully saturated rings. The van der Waals surface area contributed by atoms with Gasteiger partial charge in [0.2, 0.25) is 0 Å². The fourth-order valence-corrected chi connectivity index (χ4v) is 0. The molecule has 0 atom stereocenters. The van der Waals surface area contributed by atoms with Gasteiger partial charge in [0, 0.05) is 40.4 Å². The van der Waals surface area contributed by atoms with E-state index in [0.29, 0.717) is 0 Å². The zero-order valence-electron chi connectivity index (χ0n) is 5.53. The molecule has 0 aromatic heterocycles. The summed E-state index contributed by atoms with van der Waals surface area (Å²) in [5.41, 5.74) is 0. The first kappa shape index (κ1) is 94.0. The quantitative estimate of drug-likeness (QED) is 0.301. The zero-order valence-corrected chi connectivity index (χ0v) is 40.8. The van der Waals surface area contributed by atoms with Gasteiger partial charge in [0.05, 0.1) is 0 Å². The van der Waals surface area contributed by atoms with Crippen LogP contribution in [0.5, 0.6) is 0 Å². The Morgan fingerprint density at radius 3 is 1.00 bits per heavy atom. The van der Waals surface area contributed by atoms with E-state index in [9.17, 15) is 0 Å². The second-order valence-electron chi connectivity index (χ2n) is 0. The average Bonchev–Trinajstić information content (AvgIpc) is 0. The van der Waals surface area contributed by atoms with E-state index in [2.05, 4.69) is 0 Å². The third kappa shape index (κ3) is 77.4. The van der Waals surface area contributed by atoms with Crippen LogP contribution in [0, 0.1) is 565 Å². The molecule has 0 aliphatic carbocycles. The first-order chi connectivity index (χ1) is 0. The van der Waals surface area contributed by atoms with Crippen molar-refractivity contribution in [1.29, 1.82) is 0 Å². The summed E-state index contributed by atoms with van der Waals surface area (Å²) in [6, 6.07) is 0. The summed E-state index contributed by atoms with van der Waals surface area (Å²) in [6.45, 7) is 0. The molecule has 0 aromatic carbocycles. The Labute approximate surface area is 542 Å². The molecule has 0 rings (SSSR count). The molecule has 0 aliphatic rings. The SMILES string of the molecule is [Ce+3].[Dy+3].[Er+3].[Eu+3].[Gd+3].[Ho+3].[La+3].[Nd+3].[Pm].[Pr+3].[Sm+3].[Tb+3].[Tm+3].[Yb+3]. The van der Waals surface area contributed by atoms with Crippen LogP contribution < -0.4 is 0 Å². The van der Waals surface area contributed by atoms with Gasteiger partial charge in [-0.2, -0.15) is 0 Å². The van der Waals surface area contributed by atoms with Gasteiger partial charge in [-0.15, -0.1) is 0 Å². The molecule has 14 heavy (non-hydrogen) atoms. The molecular formula is CeDyErEuGdHoLaNdPmPrSmTbTmYb+39. The van der Waals surface area contributed by atoms with E-state index >= 15 is 0 Å². The van der Waals surface area contributed by atoms with Crippen molar-refractivity contribution in [1.82, 2.24) is 0 Å². The van der Waals surface area contributed by atoms with E-state index in [1.807, 2.05) is 0 Å². The summed E-state index contributed by atoms with van der Waals surface area (Å²) >= 11 is 0. The minimum absolute atomic E-state index is 0. The van der Waals surface area contributed by atoms with Crippen molar-refractivity contribution in [3.8, 4) is 0 Å². The minimum Gasteiger partial charge on any atom is 0 e. The Bertz CT molecular complexity index is 53.3. The van der Waals surface area contributed by atoms with Crippen LogP contribution in [0.1, 0.15) is 0 Å². The van der Waals surface area contributed by atoms with E-state index in [4.69, 9.17) is 0 Å². The molecule has 0 saturated carbocycles. The summed E-state index contributed by atoms with van der Waals surface area (Å²) in [6.07, 6.45) is 0. The van der Waals surface area contributed by atoms with Crippen LogP contribution in [0.4, 0.5) is 0 Å². The molecule has 0 saturated heterocycles. The smallest absolute Gasteiger partial charge is 0 e. The first-order valence-electron chi connectivity index (χ1n) is 0. The van der Waals surface area contributed by atoms with E-state index in [1.54, 1.807) is 0 Å². The second-order valence-corrected chi connectivity index (χ2v) is 0. The van der Waals surface area contributed by atoms with Crippen LogP contribution in [-0.2, 0) is 0 Å². The normalized spacial score (nSPS) is 0. The summed E-state index contributed by atoms with van der Waals surface area (Å²) in [5.74, 6) is 0. The molecule has 0 spiro atoms. The maximum Gasteiger partial charge on any atom is 3.00 e. The van der Waals surface area contributed by atoms with Crippen molar-refractivity contribution in [2.24, 2.45) is 0 Å². The first-order valence-corrected chi connectivity index (χ1v) is 0. The topological polar surface area (TPSA) is 0 Å². The molecule has 0 heterocycles. The Morgan fingerprint density at radius 2 is 1.00 bits per heavy atom. The minimum atomic E-state index is 0. The van der Waals surface area contributed by atoms with Crippen molar-refractivity contribution >= 4 is 0 Å². The zero-order chi connectivity index (χ0) is 0. The summed E-state index contributed by atoms with van der Waals surface area (Å²) in [7, 11) is 0. The molecule has 0 N–H and O–H groups in total. The van der Waals surface area contributed by atoms with Gasteiger partial charge in [-0.1, -0.05) is 0 Å². The van der Waals surface area contributed by atoms with E-state index in [0.717, 1.165) is 0 Å². The maximum atomic E-state index is 0. The van der Waals surface area contributed by atoms with Gasteiger partial charge in [0.1, 0.15) is 0 Å². The molecule has 0 nitrogen and oxygen atoms in total. The van der Waals surface area contributed by atoms with Crippen LogP contribution in [-0.4, -0.2) is 0 Å². The summed E-state index contributed by atoms with van der Waals surface area (Å²) in [5, 5.41) is 0. The Kier molecular flexibility index (Phi) is 574. The van der Waals surface area contributed by atoms with Crippen molar-refractivity contribution in [3.63, 3.8) is 0 Å². The predicted octanol–water partition coefficient (Wildman–Crippen LogP) is 0. The maximum absolute atomic E-state index is 0. The molecule has 14 heteroatoms. The van der Waals surface area contributed by atoms with E-state index < -0.39 is 0 Å². The van der Waals surface area contributed by atoms with Gasteiger partial charge in [-0.25, -0.2) is 0 Å². The number of hydrogen-bond acceptors (Lipinski definition) is 0. The Balaban J connectivity index is 0. The van der Waals surface area contributed by atoms with Crippen molar-refractivity contribution in [3.05, 3.63) is 0 Å². The van der Waals surface area contributed by atoms with E-state index in [-0.39, 0.29) is 565 Å². The number of rotatable bonds is 0. The Morgan fingerprint density at radius 1 is 1.00 bits per heavy atom. The van der Waals surface area contributed by atoms with Gasteiger partial charge in [-0.3, -0.25) is 0 Å². The summed E-state index contributed by atoms with van der Waals surface area (Å²) < 4.78 is 0. The molecule has 0 bridgehead atoms. The third-order valence-electron chi connectivity index (χ3n) is 0. The van der Waals surface area contributed by atoms with Crippen molar-refractivity contribution < 1.29 is 565 Å². The Hall–Kier alpha value is 18.7. The summed E-state index contributed by atoms with van der Waals surface area (Å²) in [4.78, 5) is 0. The second kappa shape index (κ2) is 85.4. The molecule has 0 amide bonds. The number of hydrogen-bond donors (Lipinski definition) is 0. The molecular weight excluding hydrogens is 2160 g/mol. The van der Waals surface area contributed by atoms with Crippen LogP contribution in [0.25, 0.3) is 0 Å². The van der Waals surface area contributed by atoms with Crippen molar-refractivity contribution in [2.75, 3.05) is 0 Å². The van der Waals surface area contributed by atoms with Gasteiger partial charge < -0.3 is 0 Å².